The van der Waals surface area contributed by atoms with Crippen LogP contribution in [0.4, 0.5) is 0 Å². The van der Waals surface area contributed by atoms with E-state index < -0.39 is 0 Å². The van der Waals surface area contributed by atoms with Gasteiger partial charge in [-0.3, -0.25) is 0 Å². The van der Waals surface area contributed by atoms with Crippen molar-refractivity contribution < 1.29 is 0 Å². The molecule has 1 saturated carbocycles. The molecule has 0 bridgehead atoms. The molecule has 3 heteroatoms. The van der Waals surface area contributed by atoms with Crippen molar-refractivity contribution in [3.63, 3.8) is 0 Å². The van der Waals surface area contributed by atoms with Crippen molar-refractivity contribution >= 4 is 0 Å². The second-order valence-corrected chi connectivity index (χ2v) is 5.12. The van der Waals surface area contributed by atoms with Gasteiger partial charge in [0, 0.05) is 12.1 Å². The van der Waals surface area contributed by atoms with Crippen LogP contribution in [0.3, 0.4) is 0 Å². The quantitative estimate of drug-likeness (QED) is 0.793. The summed E-state index contributed by atoms with van der Waals surface area (Å²) in [7, 11) is 4.11. The summed E-state index contributed by atoms with van der Waals surface area (Å²) < 4.78 is 0. The number of hydrogen-bond donors (Lipinski definition) is 1. The zero-order valence-corrected chi connectivity index (χ0v) is 11.1. The molecule has 0 radical (unpaired) electrons. The van der Waals surface area contributed by atoms with E-state index in [0.717, 1.165) is 19.3 Å². The van der Waals surface area contributed by atoms with E-state index in [1.807, 2.05) is 7.05 Å². The Balaban J connectivity index is 2.67. The molecular formula is C13H25N3. The number of nitrogens with zero attached hydrogens (tertiary/aromatic N) is 2. The average molecular weight is 223 g/mol. The molecule has 0 aromatic carbocycles. The van der Waals surface area contributed by atoms with E-state index in [1.54, 1.807) is 0 Å². The highest BCUT2D eigenvalue weighted by Gasteiger charge is 2.37. The molecule has 16 heavy (non-hydrogen) atoms. The molecule has 0 aromatic heterocycles. The van der Waals surface area contributed by atoms with Crippen LogP contribution in [0.15, 0.2) is 0 Å². The summed E-state index contributed by atoms with van der Waals surface area (Å²) in [6.07, 6.45) is 5.50. The summed E-state index contributed by atoms with van der Waals surface area (Å²) in [6.45, 7) is 4.49. The van der Waals surface area contributed by atoms with Crippen LogP contribution >= 0.6 is 0 Å². The lowest BCUT2D eigenvalue weighted by Crippen LogP contribution is -2.52. The van der Waals surface area contributed by atoms with Gasteiger partial charge in [-0.25, -0.2) is 0 Å². The zero-order chi connectivity index (χ0) is 12.2. The first-order chi connectivity index (χ1) is 7.58. The lowest BCUT2D eigenvalue weighted by molar-refractivity contribution is 0.113. The number of hydrogen-bond acceptors (Lipinski definition) is 3. The molecule has 1 rings (SSSR count). The van der Waals surface area contributed by atoms with Gasteiger partial charge in [0.2, 0.25) is 0 Å². The minimum absolute atomic E-state index is 0.287. The maximum absolute atomic E-state index is 9.31. The Kier molecular flexibility index (Phi) is 4.76. The highest BCUT2D eigenvalue weighted by Crippen LogP contribution is 2.31. The molecule has 3 unspecified atom stereocenters. The topological polar surface area (TPSA) is 39.1 Å². The van der Waals surface area contributed by atoms with Gasteiger partial charge in [-0.1, -0.05) is 6.92 Å². The van der Waals surface area contributed by atoms with E-state index >= 15 is 0 Å². The molecule has 1 aliphatic rings. The van der Waals surface area contributed by atoms with Crippen molar-refractivity contribution in [3.8, 4) is 6.07 Å². The van der Waals surface area contributed by atoms with Crippen molar-refractivity contribution in [2.24, 2.45) is 0 Å². The first kappa shape index (κ1) is 13.5. The Labute approximate surface area is 99.8 Å². The van der Waals surface area contributed by atoms with E-state index in [1.165, 1.54) is 12.8 Å². The molecule has 0 aromatic rings. The van der Waals surface area contributed by atoms with Gasteiger partial charge in [-0.2, -0.15) is 5.26 Å². The van der Waals surface area contributed by atoms with E-state index in [4.69, 9.17) is 0 Å². The lowest BCUT2D eigenvalue weighted by Gasteiger charge is -2.41. The molecule has 1 fully saturated rings. The van der Waals surface area contributed by atoms with Crippen LogP contribution in [0.1, 0.15) is 46.0 Å². The number of nitrogens with one attached hydrogen (secondary N) is 1. The third-order valence-corrected chi connectivity index (χ3v) is 4.28. The molecule has 0 spiro atoms. The fourth-order valence-electron chi connectivity index (χ4n) is 2.63. The fraction of sp³-hybridized carbons (Fsp3) is 0.923. The summed E-state index contributed by atoms with van der Waals surface area (Å²) in [5, 5.41) is 12.5. The SMILES string of the molecule is CCC(C)N(C)C1CCCC(C#N)(NC)C1. The van der Waals surface area contributed by atoms with Gasteiger partial charge in [0.05, 0.1) is 6.07 Å². The standard InChI is InChI=1S/C13H25N3/c1-5-11(2)16(4)12-7-6-8-13(9-12,10-14)15-3/h11-12,15H,5-9H2,1-4H3. The van der Waals surface area contributed by atoms with Gasteiger partial charge in [0.1, 0.15) is 5.54 Å². The Morgan fingerprint density at radius 3 is 2.81 bits per heavy atom. The maximum atomic E-state index is 9.31. The predicted octanol–water partition coefficient (Wildman–Crippen LogP) is 2.14. The van der Waals surface area contributed by atoms with Crippen molar-refractivity contribution in [2.45, 2.75) is 63.6 Å². The maximum Gasteiger partial charge on any atom is 0.108 e. The third-order valence-electron chi connectivity index (χ3n) is 4.28. The molecule has 0 heterocycles. The predicted molar refractivity (Wildman–Crippen MR) is 67.2 cm³/mol. The highest BCUT2D eigenvalue weighted by atomic mass is 15.2. The van der Waals surface area contributed by atoms with Crippen LogP contribution in [-0.4, -0.2) is 36.6 Å². The lowest BCUT2D eigenvalue weighted by atomic mass is 9.79. The van der Waals surface area contributed by atoms with Gasteiger partial charge < -0.3 is 10.2 Å². The average Bonchev–Trinajstić information content (AvgIpc) is 2.36. The first-order valence-corrected chi connectivity index (χ1v) is 6.40. The van der Waals surface area contributed by atoms with Crippen LogP contribution in [0, 0.1) is 11.3 Å². The third kappa shape index (κ3) is 2.75. The van der Waals surface area contributed by atoms with Crippen LogP contribution in [0.5, 0.6) is 0 Å². The zero-order valence-electron chi connectivity index (χ0n) is 11.1. The minimum atomic E-state index is -0.287. The van der Waals surface area contributed by atoms with Gasteiger partial charge in [-0.05, 0) is 53.1 Å². The molecule has 1 aliphatic carbocycles. The molecule has 3 nitrogen and oxygen atoms in total. The van der Waals surface area contributed by atoms with Crippen molar-refractivity contribution in [3.05, 3.63) is 0 Å². The van der Waals surface area contributed by atoms with Gasteiger partial charge in [0.25, 0.3) is 0 Å². The molecular weight excluding hydrogens is 198 g/mol. The fourth-order valence-corrected chi connectivity index (χ4v) is 2.63. The normalized spacial score (nSPS) is 32.4. The largest absolute Gasteiger partial charge is 0.302 e. The van der Waals surface area contributed by atoms with Crippen LogP contribution in [0.2, 0.25) is 0 Å². The number of nitriles is 1. The van der Waals surface area contributed by atoms with E-state index in [9.17, 15) is 5.26 Å². The Morgan fingerprint density at radius 1 is 1.62 bits per heavy atom. The smallest absolute Gasteiger partial charge is 0.108 e. The van der Waals surface area contributed by atoms with Gasteiger partial charge in [0.15, 0.2) is 0 Å². The molecule has 0 saturated heterocycles. The molecule has 1 N–H and O–H groups in total. The summed E-state index contributed by atoms with van der Waals surface area (Å²) >= 11 is 0. The van der Waals surface area contributed by atoms with Crippen molar-refractivity contribution in [1.29, 1.82) is 5.26 Å². The Hall–Kier alpha value is -0.590. The van der Waals surface area contributed by atoms with Crippen molar-refractivity contribution in [1.82, 2.24) is 10.2 Å². The second kappa shape index (κ2) is 5.65. The van der Waals surface area contributed by atoms with E-state index in [0.29, 0.717) is 12.1 Å². The minimum Gasteiger partial charge on any atom is -0.302 e. The molecule has 92 valence electrons. The second-order valence-electron chi connectivity index (χ2n) is 5.12. The summed E-state index contributed by atoms with van der Waals surface area (Å²) in [6, 6.07) is 3.63. The molecule has 0 aliphatic heterocycles. The van der Waals surface area contributed by atoms with Gasteiger partial charge >= 0.3 is 0 Å². The summed E-state index contributed by atoms with van der Waals surface area (Å²) in [5.74, 6) is 0. The first-order valence-electron chi connectivity index (χ1n) is 6.40. The van der Waals surface area contributed by atoms with Crippen LogP contribution in [0.25, 0.3) is 0 Å². The van der Waals surface area contributed by atoms with E-state index in [-0.39, 0.29) is 5.54 Å². The monoisotopic (exact) mass is 223 g/mol. The van der Waals surface area contributed by atoms with Crippen LogP contribution < -0.4 is 5.32 Å². The summed E-state index contributed by atoms with van der Waals surface area (Å²) in [4.78, 5) is 2.45. The summed E-state index contributed by atoms with van der Waals surface area (Å²) in [5.41, 5.74) is -0.287. The number of rotatable bonds is 4. The Morgan fingerprint density at radius 2 is 2.31 bits per heavy atom. The highest BCUT2D eigenvalue weighted by molar-refractivity contribution is 5.10. The van der Waals surface area contributed by atoms with Crippen molar-refractivity contribution in [2.75, 3.05) is 14.1 Å². The molecule has 3 atom stereocenters. The van der Waals surface area contributed by atoms with Gasteiger partial charge in [-0.15, -0.1) is 0 Å². The molecule has 0 amide bonds. The van der Waals surface area contributed by atoms with E-state index in [2.05, 4.69) is 37.2 Å². The van der Waals surface area contributed by atoms with Crippen LogP contribution in [-0.2, 0) is 0 Å². The Bertz CT molecular complexity index is 258.